The molecule has 29 heavy (non-hydrogen) atoms. The number of hydrogen-bond donors (Lipinski definition) is 1. The molecule has 0 saturated heterocycles. The predicted molar refractivity (Wildman–Crippen MR) is 113 cm³/mol. The molecule has 4 rings (SSSR count). The first-order chi connectivity index (χ1) is 14.2. The summed E-state index contributed by atoms with van der Waals surface area (Å²) < 4.78 is 6.44. The molecule has 0 unspecified atom stereocenters. The van der Waals surface area contributed by atoms with Crippen molar-refractivity contribution >= 4 is 17.5 Å². The first kappa shape index (κ1) is 19.6. The summed E-state index contributed by atoms with van der Waals surface area (Å²) in [6.07, 6.45) is 0.477. The fourth-order valence-electron chi connectivity index (χ4n) is 3.86. The van der Waals surface area contributed by atoms with Gasteiger partial charge in [0.05, 0.1) is 6.61 Å². The van der Waals surface area contributed by atoms with E-state index in [0.717, 1.165) is 16.7 Å². The van der Waals surface area contributed by atoms with Gasteiger partial charge in [-0.25, -0.2) is 0 Å². The van der Waals surface area contributed by atoms with Crippen molar-refractivity contribution in [1.82, 2.24) is 4.90 Å². The molecule has 0 aliphatic carbocycles. The van der Waals surface area contributed by atoms with Gasteiger partial charge in [-0.3, -0.25) is 9.69 Å². The third-order valence-electron chi connectivity index (χ3n) is 5.18. The number of fused-ring (bicyclic) bond motifs is 1. The van der Waals surface area contributed by atoms with Crippen molar-refractivity contribution in [3.8, 4) is 0 Å². The minimum atomic E-state index is -1.08. The molecule has 4 nitrogen and oxygen atoms in total. The number of aliphatic hydroxyl groups excluding tert-OH is 1. The Kier molecular flexibility index (Phi) is 5.67. The Balaban J connectivity index is 1.88. The number of aliphatic hydroxyl groups is 1. The molecule has 0 aromatic heterocycles. The summed E-state index contributed by atoms with van der Waals surface area (Å²) in [5.74, 6) is -0.0802. The Hall–Kier alpha value is -2.66. The lowest BCUT2D eigenvalue weighted by atomic mass is 9.93. The number of carbonyl (C=O) groups excluding carboxylic acids is 1. The predicted octanol–water partition coefficient (Wildman–Crippen LogP) is 4.60. The number of benzene rings is 3. The lowest BCUT2D eigenvalue weighted by Gasteiger charge is -2.39. The molecule has 0 spiro atoms. The maximum atomic E-state index is 13.5. The Morgan fingerprint density at radius 2 is 1.62 bits per heavy atom. The van der Waals surface area contributed by atoms with Gasteiger partial charge in [0, 0.05) is 34.9 Å². The van der Waals surface area contributed by atoms with Crippen LogP contribution in [0, 0.1) is 0 Å². The van der Waals surface area contributed by atoms with Crippen LogP contribution in [-0.4, -0.2) is 29.1 Å². The second-order valence-electron chi connectivity index (χ2n) is 7.00. The summed E-state index contributed by atoms with van der Waals surface area (Å²) in [4.78, 5) is 15.2. The smallest absolute Gasteiger partial charge is 0.257 e. The summed E-state index contributed by atoms with van der Waals surface area (Å²) in [5, 5.41) is 9.92. The van der Waals surface area contributed by atoms with Crippen LogP contribution in [0.2, 0.25) is 5.02 Å². The van der Waals surface area contributed by atoms with Gasteiger partial charge in [0.2, 0.25) is 0 Å². The highest BCUT2D eigenvalue weighted by Crippen LogP contribution is 2.46. The second-order valence-corrected chi connectivity index (χ2v) is 7.44. The van der Waals surface area contributed by atoms with Gasteiger partial charge in [-0.15, -0.1) is 0 Å². The number of carbonyl (C=O) groups is 1. The quantitative estimate of drug-likeness (QED) is 0.582. The number of rotatable bonds is 7. The summed E-state index contributed by atoms with van der Waals surface area (Å²) >= 11 is 6.13. The zero-order chi connectivity index (χ0) is 20.3. The minimum absolute atomic E-state index is 0.0188. The molecule has 0 fully saturated rings. The summed E-state index contributed by atoms with van der Waals surface area (Å²) in [6, 6.07) is 24.8. The van der Waals surface area contributed by atoms with Gasteiger partial charge in [0.25, 0.3) is 5.91 Å². The van der Waals surface area contributed by atoms with Crippen LogP contribution in [0.1, 0.15) is 33.5 Å². The van der Waals surface area contributed by atoms with Crippen LogP contribution < -0.4 is 0 Å². The largest absolute Gasteiger partial charge is 0.396 e. The van der Waals surface area contributed by atoms with Crippen molar-refractivity contribution in [2.75, 3.05) is 13.2 Å². The van der Waals surface area contributed by atoms with Gasteiger partial charge < -0.3 is 9.84 Å². The number of hydrogen-bond acceptors (Lipinski definition) is 3. The van der Waals surface area contributed by atoms with Crippen molar-refractivity contribution in [3.63, 3.8) is 0 Å². The highest BCUT2D eigenvalue weighted by molar-refractivity contribution is 6.30. The zero-order valence-electron chi connectivity index (χ0n) is 15.9. The molecule has 1 heterocycles. The fraction of sp³-hybridized carbons (Fsp3) is 0.208. The van der Waals surface area contributed by atoms with E-state index >= 15 is 0 Å². The SMILES string of the molecule is O=C1c2ccccc2[C@](OCCCO)(c2ccc(Cl)cc2)N1Cc1ccccc1. The van der Waals surface area contributed by atoms with Crippen LogP contribution in [0.15, 0.2) is 78.9 Å². The average molecular weight is 408 g/mol. The Morgan fingerprint density at radius 1 is 0.931 bits per heavy atom. The molecule has 1 N–H and O–H groups in total. The molecule has 3 aromatic rings. The first-order valence-electron chi connectivity index (χ1n) is 9.63. The van der Waals surface area contributed by atoms with E-state index in [2.05, 4.69) is 0 Å². The van der Waals surface area contributed by atoms with Gasteiger partial charge in [0.15, 0.2) is 5.72 Å². The van der Waals surface area contributed by atoms with E-state index in [0.29, 0.717) is 30.2 Å². The number of nitrogens with zero attached hydrogens (tertiary/aromatic N) is 1. The van der Waals surface area contributed by atoms with Crippen molar-refractivity contribution < 1.29 is 14.6 Å². The van der Waals surface area contributed by atoms with Crippen LogP contribution in [0.25, 0.3) is 0 Å². The van der Waals surface area contributed by atoms with E-state index in [9.17, 15) is 9.90 Å². The molecule has 1 amide bonds. The topological polar surface area (TPSA) is 49.8 Å². The molecule has 3 aromatic carbocycles. The standard InChI is InChI=1S/C24H22ClNO3/c25-20-13-11-19(12-14-20)24(29-16-6-15-27)22-10-5-4-9-21(22)23(28)26(24)17-18-7-2-1-3-8-18/h1-5,7-14,27H,6,15-17H2/t24-/m1/s1. The van der Waals surface area contributed by atoms with Gasteiger partial charge in [-0.1, -0.05) is 72.3 Å². The third-order valence-corrected chi connectivity index (χ3v) is 5.43. The normalized spacial score (nSPS) is 18.1. The van der Waals surface area contributed by atoms with E-state index in [4.69, 9.17) is 16.3 Å². The molecule has 0 saturated carbocycles. The first-order valence-corrected chi connectivity index (χ1v) is 10.0. The fourth-order valence-corrected chi connectivity index (χ4v) is 3.98. The highest BCUT2D eigenvalue weighted by atomic mass is 35.5. The lowest BCUT2D eigenvalue weighted by molar-refractivity contribution is -0.113. The average Bonchev–Trinajstić information content (AvgIpc) is 2.99. The molecular weight excluding hydrogens is 386 g/mol. The summed E-state index contributed by atoms with van der Waals surface area (Å²) in [7, 11) is 0. The molecular formula is C24H22ClNO3. The monoisotopic (exact) mass is 407 g/mol. The van der Waals surface area contributed by atoms with Crippen molar-refractivity contribution in [1.29, 1.82) is 0 Å². The number of halogens is 1. The highest BCUT2D eigenvalue weighted by Gasteiger charge is 2.52. The molecule has 5 heteroatoms. The van der Waals surface area contributed by atoms with E-state index in [-0.39, 0.29) is 12.5 Å². The zero-order valence-corrected chi connectivity index (χ0v) is 16.7. The van der Waals surface area contributed by atoms with Crippen molar-refractivity contribution in [2.24, 2.45) is 0 Å². The van der Waals surface area contributed by atoms with Crippen LogP contribution >= 0.6 is 11.6 Å². The molecule has 1 aliphatic heterocycles. The Labute approximate surface area is 175 Å². The molecule has 0 bridgehead atoms. The molecule has 148 valence electrons. The Bertz CT molecular complexity index is 991. The molecule has 0 radical (unpaired) electrons. The maximum absolute atomic E-state index is 13.5. The van der Waals surface area contributed by atoms with Gasteiger partial charge in [-0.05, 0) is 30.2 Å². The number of ether oxygens (including phenoxy) is 1. The van der Waals surface area contributed by atoms with E-state index < -0.39 is 5.72 Å². The summed E-state index contributed by atoms with van der Waals surface area (Å²) in [5.41, 5.74) is 2.19. The lowest BCUT2D eigenvalue weighted by Crippen LogP contribution is -2.46. The van der Waals surface area contributed by atoms with Gasteiger partial charge >= 0.3 is 0 Å². The molecule has 1 atom stereocenters. The van der Waals surface area contributed by atoms with Crippen molar-refractivity contribution in [2.45, 2.75) is 18.7 Å². The Morgan fingerprint density at radius 3 is 2.34 bits per heavy atom. The van der Waals surface area contributed by atoms with Crippen LogP contribution in [0.5, 0.6) is 0 Å². The van der Waals surface area contributed by atoms with Gasteiger partial charge in [-0.2, -0.15) is 0 Å². The summed E-state index contributed by atoms with van der Waals surface area (Å²) in [6.45, 7) is 0.729. The van der Waals surface area contributed by atoms with Crippen LogP contribution in [0.3, 0.4) is 0 Å². The number of amides is 1. The molecule has 1 aliphatic rings. The van der Waals surface area contributed by atoms with E-state index in [1.807, 2.05) is 66.7 Å². The second kappa shape index (κ2) is 8.37. The van der Waals surface area contributed by atoms with E-state index in [1.54, 1.807) is 17.0 Å². The maximum Gasteiger partial charge on any atom is 0.257 e. The van der Waals surface area contributed by atoms with Crippen LogP contribution in [-0.2, 0) is 17.0 Å². The van der Waals surface area contributed by atoms with Crippen molar-refractivity contribution in [3.05, 3.63) is 106 Å². The van der Waals surface area contributed by atoms with Crippen LogP contribution in [0.4, 0.5) is 0 Å². The minimum Gasteiger partial charge on any atom is -0.396 e. The third kappa shape index (κ3) is 3.55. The van der Waals surface area contributed by atoms with E-state index in [1.165, 1.54) is 0 Å². The van der Waals surface area contributed by atoms with Gasteiger partial charge in [0.1, 0.15) is 0 Å².